The highest BCUT2D eigenvalue weighted by Gasteiger charge is 2.11. The van der Waals surface area contributed by atoms with E-state index in [1.165, 1.54) is 11.1 Å². The van der Waals surface area contributed by atoms with E-state index in [1.807, 2.05) is 30.3 Å². The Labute approximate surface area is 159 Å². The molecule has 0 aliphatic carbocycles. The van der Waals surface area contributed by atoms with Crippen molar-refractivity contribution in [1.29, 1.82) is 0 Å². The van der Waals surface area contributed by atoms with Crippen LogP contribution in [0, 0.1) is 0 Å². The first kappa shape index (κ1) is 18.8. The highest BCUT2D eigenvalue weighted by atomic mass is 16.5. The second-order valence-corrected chi connectivity index (χ2v) is 6.87. The van der Waals surface area contributed by atoms with E-state index in [4.69, 9.17) is 4.52 Å². The Kier molecular flexibility index (Phi) is 6.36. The molecule has 1 N–H and O–H groups in total. The van der Waals surface area contributed by atoms with Gasteiger partial charge in [0.05, 0.1) is 0 Å². The third-order valence-corrected chi connectivity index (χ3v) is 4.45. The molecule has 0 unspecified atom stereocenters. The van der Waals surface area contributed by atoms with Gasteiger partial charge in [-0.25, -0.2) is 0 Å². The minimum atomic E-state index is -0.00744. The number of nitrogens with one attached hydrogen (secondary N) is 1. The SMILES string of the molecule is CC(C)c1ccc(-c2noc(CCC(=O)NCCc3ccccc3)n2)cc1. The number of carbonyl (C=O) groups is 1. The van der Waals surface area contributed by atoms with Crippen molar-refractivity contribution in [3.8, 4) is 11.4 Å². The van der Waals surface area contributed by atoms with Gasteiger partial charge in [0, 0.05) is 24.9 Å². The summed E-state index contributed by atoms with van der Waals surface area (Å²) in [6.45, 7) is 4.94. The lowest BCUT2D eigenvalue weighted by atomic mass is 10.0. The van der Waals surface area contributed by atoms with Gasteiger partial charge in [0.25, 0.3) is 0 Å². The molecule has 3 aromatic rings. The van der Waals surface area contributed by atoms with Gasteiger partial charge in [-0.15, -0.1) is 0 Å². The Bertz CT molecular complexity index is 855. The Balaban J connectivity index is 1.45. The lowest BCUT2D eigenvalue weighted by molar-refractivity contribution is -0.121. The van der Waals surface area contributed by atoms with E-state index in [1.54, 1.807) is 0 Å². The van der Waals surface area contributed by atoms with Crippen LogP contribution in [0.4, 0.5) is 0 Å². The van der Waals surface area contributed by atoms with E-state index < -0.39 is 0 Å². The average Bonchev–Trinajstić information content (AvgIpc) is 3.16. The number of aromatic nitrogens is 2. The molecule has 0 fully saturated rings. The molecule has 1 heterocycles. The molecule has 5 heteroatoms. The Morgan fingerprint density at radius 3 is 2.48 bits per heavy atom. The smallest absolute Gasteiger partial charge is 0.227 e. The van der Waals surface area contributed by atoms with E-state index in [2.05, 4.69) is 53.6 Å². The number of aryl methyl sites for hydroxylation is 1. The summed E-state index contributed by atoms with van der Waals surface area (Å²) in [5, 5.41) is 6.95. The first-order valence-electron chi connectivity index (χ1n) is 9.35. The third kappa shape index (κ3) is 5.51. The van der Waals surface area contributed by atoms with Gasteiger partial charge in [-0.1, -0.05) is 73.6 Å². The molecule has 0 saturated carbocycles. The maximum Gasteiger partial charge on any atom is 0.227 e. The molecule has 0 aliphatic heterocycles. The monoisotopic (exact) mass is 363 g/mol. The number of amides is 1. The van der Waals surface area contributed by atoms with Gasteiger partial charge in [0.1, 0.15) is 0 Å². The summed E-state index contributed by atoms with van der Waals surface area (Å²) in [7, 11) is 0. The molecule has 0 atom stereocenters. The minimum Gasteiger partial charge on any atom is -0.356 e. The van der Waals surface area contributed by atoms with Gasteiger partial charge in [0.2, 0.25) is 17.6 Å². The number of carbonyl (C=O) groups excluding carboxylic acids is 1. The number of hydrogen-bond donors (Lipinski definition) is 1. The largest absolute Gasteiger partial charge is 0.356 e. The minimum absolute atomic E-state index is 0.00744. The molecule has 0 saturated heterocycles. The molecule has 140 valence electrons. The highest BCUT2D eigenvalue weighted by Crippen LogP contribution is 2.20. The fourth-order valence-corrected chi connectivity index (χ4v) is 2.79. The van der Waals surface area contributed by atoms with E-state index >= 15 is 0 Å². The Hall–Kier alpha value is -2.95. The first-order chi connectivity index (χ1) is 13.1. The molecule has 5 nitrogen and oxygen atoms in total. The number of hydrogen-bond acceptors (Lipinski definition) is 4. The number of nitrogens with zero attached hydrogens (tertiary/aromatic N) is 2. The third-order valence-electron chi connectivity index (χ3n) is 4.45. The zero-order chi connectivity index (χ0) is 19.1. The molecule has 2 aromatic carbocycles. The van der Waals surface area contributed by atoms with Gasteiger partial charge in [0.15, 0.2) is 0 Å². The molecule has 0 aliphatic rings. The van der Waals surface area contributed by atoms with Crippen LogP contribution in [0.25, 0.3) is 11.4 Å². The van der Waals surface area contributed by atoms with Crippen LogP contribution >= 0.6 is 0 Å². The fraction of sp³-hybridized carbons (Fsp3) is 0.318. The molecule has 0 bridgehead atoms. The van der Waals surface area contributed by atoms with Crippen molar-refractivity contribution < 1.29 is 9.32 Å². The summed E-state index contributed by atoms with van der Waals surface area (Å²) in [6.07, 6.45) is 1.60. The summed E-state index contributed by atoms with van der Waals surface area (Å²) >= 11 is 0. The van der Waals surface area contributed by atoms with Crippen LogP contribution in [-0.4, -0.2) is 22.6 Å². The lowest BCUT2D eigenvalue weighted by Crippen LogP contribution is -2.25. The molecule has 1 aromatic heterocycles. The summed E-state index contributed by atoms with van der Waals surface area (Å²) in [5.41, 5.74) is 3.40. The van der Waals surface area contributed by atoms with Crippen LogP contribution in [0.15, 0.2) is 59.1 Å². The summed E-state index contributed by atoms with van der Waals surface area (Å²) in [4.78, 5) is 16.4. The number of rotatable bonds is 8. The van der Waals surface area contributed by atoms with E-state index in [0.29, 0.717) is 37.0 Å². The van der Waals surface area contributed by atoms with Crippen molar-refractivity contribution in [3.63, 3.8) is 0 Å². The average molecular weight is 363 g/mol. The predicted molar refractivity (Wildman–Crippen MR) is 105 cm³/mol. The molecule has 27 heavy (non-hydrogen) atoms. The molecular formula is C22H25N3O2. The van der Waals surface area contributed by atoms with Crippen molar-refractivity contribution in [2.45, 2.75) is 39.0 Å². The van der Waals surface area contributed by atoms with Crippen molar-refractivity contribution in [3.05, 3.63) is 71.6 Å². The van der Waals surface area contributed by atoms with E-state index in [-0.39, 0.29) is 5.91 Å². The standard InChI is InChI=1S/C22H25N3O2/c1-16(2)18-8-10-19(11-9-18)22-24-21(27-25-22)13-12-20(26)23-15-14-17-6-4-3-5-7-17/h3-11,16H,12-15H2,1-2H3,(H,23,26). The van der Waals surface area contributed by atoms with E-state index in [0.717, 1.165) is 12.0 Å². The first-order valence-corrected chi connectivity index (χ1v) is 9.35. The van der Waals surface area contributed by atoms with Crippen molar-refractivity contribution >= 4 is 5.91 Å². The van der Waals surface area contributed by atoms with E-state index in [9.17, 15) is 4.79 Å². The second-order valence-electron chi connectivity index (χ2n) is 6.87. The van der Waals surface area contributed by atoms with Crippen molar-refractivity contribution in [2.75, 3.05) is 6.54 Å². The van der Waals surface area contributed by atoms with Crippen LogP contribution < -0.4 is 5.32 Å². The topological polar surface area (TPSA) is 68.0 Å². The molecule has 1 amide bonds. The maximum absolute atomic E-state index is 12.0. The summed E-state index contributed by atoms with van der Waals surface area (Å²) in [6, 6.07) is 18.3. The van der Waals surface area contributed by atoms with Gasteiger partial charge in [-0.05, 0) is 23.5 Å². The van der Waals surface area contributed by atoms with Crippen LogP contribution in [0.3, 0.4) is 0 Å². The Morgan fingerprint density at radius 2 is 1.78 bits per heavy atom. The highest BCUT2D eigenvalue weighted by molar-refractivity contribution is 5.76. The molecule has 0 spiro atoms. The zero-order valence-electron chi connectivity index (χ0n) is 15.8. The van der Waals surface area contributed by atoms with Crippen LogP contribution in [-0.2, 0) is 17.6 Å². The zero-order valence-corrected chi connectivity index (χ0v) is 15.8. The quantitative estimate of drug-likeness (QED) is 0.653. The van der Waals surface area contributed by atoms with Gasteiger partial charge >= 0.3 is 0 Å². The predicted octanol–water partition coefficient (Wildman–Crippen LogP) is 4.15. The fourth-order valence-electron chi connectivity index (χ4n) is 2.79. The number of benzene rings is 2. The molecular weight excluding hydrogens is 338 g/mol. The molecule has 3 rings (SSSR count). The van der Waals surface area contributed by atoms with Gasteiger partial charge in [-0.2, -0.15) is 4.98 Å². The Morgan fingerprint density at radius 1 is 1.04 bits per heavy atom. The maximum atomic E-state index is 12.0. The normalized spacial score (nSPS) is 10.9. The van der Waals surface area contributed by atoms with Crippen molar-refractivity contribution in [2.24, 2.45) is 0 Å². The lowest BCUT2D eigenvalue weighted by Gasteiger charge is -2.04. The van der Waals surface area contributed by atoms with Gasteiger partial charge in [-0.3, -0.25) is 4.79 Å². The van der Waals surface area contributed by atoms with Gasteiger partial charge < -0.3 is 9.84 Å². The summed E-state index contributed by atoms with van der Waals surface area (Å²) < 4.78 is 5.28. The molecule has 0 radical (unpaired) electrons. The van der Waals surface area contributed by atoms with Crippen LogP contribution in [0.1, 0.15) is 43.2 Å². The van der Waals surface area contributed by atoms with Crippen molar-refractivity contribution in [1.82, 2.24) is 15.5 Å². The van der Waals surface area contributed by atoms with Crippen LogP contribution in [0.2, 0.25) is 0 Å². The van der Waals surface area contributed by atoms with Crippen LogP contribution in [0.5, 0.6) is 0 Å². The second kappa shape index (κ2) is 9.12. The summed E-state index contributed by atoms with van der Waals surface area (Å²) in [5.74, 6) is 1.52.